The van der Waals surface area contributed by atoms with Gasteiger partial charge in [-0.3, -0.25) is 4.79 Å². The first kappa shape index (κ1) is 30.7. The molecule has 3 saturated heterocycles. The lowest BCUT2D eigenvalue weighted by Gasteiger charge is -2.39. The third kappa shape index (κ3) is 12.6. The highest BCUT2D eigenvalue weighted by atomic mass is 32.1. The zero-order chi connectivity index (χ0) is 26.0. The molecule has 0 spiro atoms. The number of hydrogen-bond donors (Lipinski definition) is 9. The Morgan fingerprint density at radius 1 is 0.750 bits per heavy atom. The van der Waals surface area contributed by atoms with E-state index >= 15 is 0 Å². The maximum Gasteiger partial charge on any atom is 0.217 e. The molecule has 36 heavy (non-hydrogen) atoms. The Kier molecular flexibility index (Phi) is 15.2. The molecular weight excluding hydrogens is 474 g/mol. The van der Waals surface area contributed by atoms with Gasteiger partial charge in [-0.15, -0.1) is 12.3 Å². The number of fused-ring (bicyclic) bond motifs is 15. The van der Waals surface area contributed by atoms with Crippen LogP contribution in [0.15, 0.2) is 0 Å². The molecule has 3 aliphatic heterocycles. The van der Waals surface area contributed by atoms with E-state index in [1.54, 1.807) is 6.92 Å². The molecule has 0 radical (unpaired) electrons. The summed E-state index contributed by atoms with van der Waals surface area (Å²) in [4.78, 5) is 12.0. The fourth-order valence-electron chi connectivity index (χ4n) is 4.70. The predicted octanol–water partition coefficient (Wildman–Crippen LogP) is -1.79. The van der Waals surface area contributed by atoms with Gasteiger partial charge in [0.1, 0.15) is 0 Å². The Hall–Kier alpha value is -1.52. The van der Waals surface area contributed by atoms with Crippen molar-refractivity contribution in [3.63, 3.8) is 0 Å². The van der Waals surface area contributed by atoms with Crippen LogP contribution in [0.5, 0.6) is 0 Å². The second kappa shape index (κ2) is 17.9. The molecule has 3 fully saturated rings. The number of amides is 1. The second-order valence-corrected chi connectivity index (χ2v) is 10.5. The van der Waals surface area contributed by atoms with Gasteiger partial charge in [0.05, 0.1) is 11.1 Å². The fourth-order valence-corrected chi connectivity index (χ4v) is 5.02. The molecule has 3 heterocycles. The minimum Gasteiger partial charge on any atom is -0.363 e. The monoisotopic (exact) mass is 523 g/mol. The van der Waals surface area contributed by atoms with E-state index in [0.717, 1.165) is 97.6 Å². The van der Waals surface area contributed by atoms with Gasteiger partial charge in [-0.2, -0.15) is 0 Å². The average molecular weight is 524 g/mol. The van der Waals surface area contributed by atoms with Crippen LogP contribution in [0.2, 0.25) is 0 Å². The van der Waals surface area contributed by atoms with Crippen LogP contribution in [0.4, 0.5) is 0 Å². The molecule has 3 aliphatic rings. The summed E-state index contributed by atoms with van der Waals surface area (Å²) in [6.07, 6.45) is 10.7. The van der Waals surface area contributed by atoms with E-state index in [2.05, 4.69) is 53.8 Å². The van der Waals surface area contributed by atoms with Crippen molar-refractivity contribution in [3.05, 3.63) is 0 Å². The normalized spacial score (nSPS) is 26.7. The van der Waals surface area contributed by atoms with Crippen LogP contribution in [0.1, 0.15) is 39.0 Å². The smallest absolute Gasteiger partial charge is 0.217 e. The van der Waals surface area contributed by atoms with Crippen molar-refractivity contribution in [2.45, 2.75) is 50.1 Å². The van der Waals surface area contributed by atoms with E-state index in [0.29, 0.717) is 24.7 Å². The van der Waals surface area contributed by atoms with Gasteiger partial charge >= 0.3 is 0 Å². The summed E-state index contributed by atoms with van der Waals surface area (Å²) in [5.41, 5.74) is -0.657. The van der Waals surface area contributed by atoms with E-state index in [-0.39, 0.29) is 17.0 Å². The number of terminal acetylenes is 1. The van der Waals surface area contributed by atoms with Crippen LogP contribution in [0, 0.1) is 12.3 Å². The summed E-state index contributed by atoms with van der Waals surface area (Å²) in [6, 6.07) is 0. The molecule has 0 aliphatic carbocycles. The molecule has 0 aromatic rings. The zero-order valence-corrected chi connectivity index (χ0v) is 22.9. The van der Waals surface area contributed by atoms with Gasteiger partial charge < -0.3 is 47.9 Å². The number of rotatable bonds is 8. The summed E-state index contributed by atoms with van der Waals surface area (Å²) in [6.45, 7) is 11.7. The molecule has 3 rings (SSSR count). The fraction of sp³-hybridized carbons (Fsp3) is 0.840. The van der Waals surface area contributed by atoms with E-state index in [9.17, 15) is 4.79 Å². The van der Waals surface area contributed by atoms with Crippen molar-refractivity contribution in [2.24, 2.45) is 0 Å². The van der Waals surface area contributed by atoms with Gasteiger partial charge in [0.2, 0.25) is 5.91 Å². The Labute approximate surface area is 223 Å². The number of thiocarbonyl (C=S) groups is 1. The molecule has 2 bridgehead atoms. The Morgan fingerprint density at radius 2 is 1.17 bits per heavy atom. The quantitative estimate of drug-likeness (QED) is 0.102. The average Bonchev–Trinajstić information content (AvgIpc) is 2.84. The Bertz CT molecular complexity index is 641. The number of hydrogen-bond acceptors (Lipinski definition) is 8. The van der Waals surface area contributed by atoms with Gasteiger partial charge in [0.25, 0.3) is 0 Å². The number of carbonyl (C=O) groups is 1. The zero-order valence-electron chi connectivity index (χ0n) is 22.1. The van der Waals surface area contributed by atoms with Crippen molar-refractivity contribution in [3.8, 4) is 12.3 Å². The van der Waals surface area contributed by atoms with Crippen LogP contribution < -0.4 is 47.9 Å². The predicted molar refractivity (Wildman–Crippen MR) is 152 cm³/mol. The summed E-state index contributed by atoms with van der Waals surface area (Å²) in [5, 5.41) is 32.4. The van der Waals surface area contributed by atoms with Crippen LogP contribution in [0.25, 0.3) is 0 Å². The standard InChI is InChI=1S/C25H49N9OS/c1-3-4-5-6-7-8-9-32-23(36)34-25-19-29-13-10-26-16-24(33-22(2)35,17-27-11-14-30-20-25)18-28-12-15-31-21-25/h1,26-31H,4-21H2,2H3,(H,33,35)(H2,32,34,36). The van der Waals surface area contributed by atoms with Crippen molar-refractivity contribution in [2.75, 3.05) is 85.1 Å². The van der Waals surface area contributed by atoms with Crippen LogP contribution in [-0.4, -0.2) is 107 Å². The molecule has 0 aromatic heterocycles. The highest BCUT2D eigenvalue weighted by Crippen LogP contribution is 2.06. The van der Waals surface area contributed by atoms with Gasteiger partial charge in [-0.05, 0) is 25.1 Å². The molecule has 11 heteroatoms. The van der Waals surface area contributed by atoms with E-state index in [1.165, 1.54) is 0 Å². The van der Waals surface area contributed by atoms with Gasteiger partial charge in [0, 0.05) is 98.4 Å². The molecule has 1 amide bonds. The first-order valence-electron chi connectivity index (χ1n) is 13.5. The molecular formula is C25H49N9OS. The molecule has 0 unspecified atom stereocenters. The van der Waals surface area contributed by atoms with Crippen molar-refractivity contribution in [1.82, 2.24) is 47.9 Å². The van der Waals surface area contributed by atoms with Crippen LogP contribution in [0.3, 0.4) is 0 Å². The molecule has 0 atom stereocenters. The van der Waals surface area contributed by atoms with Gasteiger partial charge in [0.15, 0.2) is 5.11 Å². The Balaban J connectivity index is 1.99. The molecule has 10 nitrogen and oxygen atoms in total. The Morgan fingerprint density at radius 3 is 1.58 bits per heavy atom. The largest absolute Gasteiger partial charge is 0.363 e. The van der Waals surface area contributed by atoms with Crippen LogP contribution >= 0.6 is 12.2 Å². The maximum atomic E-state index is 12.0. The lowest BCUT2D eigenvalue weighted by Crippen LogP contribution is -2.68. The van der Waals surface area contributed by atoms with Crippen molar-refractivity contribution < 1.29 is 4.79 Å². The lowest BCUT2D eigenvalue weighted by molar-refractivity contribution is -0.120. The maximum absolute atomic E-state index is 12.0. The number of unbranched alkanes of at least 4 members (excludes halogenated alkanes) is 4. The summed E-state index contributed by atoms with van der Waals surface area (Å²) in [5.74, 6) is 2.69. The molecule has 0 aromatic carbocycles. The highest BCUT2D eigenvalue weighted by Gasteiger charge is 2.32. The van der Waals surface area contributed by atoms with Crippen molar-refractivity contribution >= 4 is 23.2 Å². The first-order chi connectivity index (χ1) is 17.5. The lowest BCUT2D eigenvalue weighted by atomic mass is 9.97. The van der Waals surface area contributed by atoms with E-state index in [1.807, 2.05) is 0 Å². The molecule has 0 saturated carbocycles. The minimum absolute atomic E-state index is 0.0126. The van der Waals surface area contributed by atoms with E-state index in [4.69, 9.17) is 18.6 Å². The summed E-state index contributed by atoms with van der Waals surface area (Å²) < 4.78 is 0. The SMILES string of the molecule is C#CCCCCCCNC(=S)NC12CNCCNCC(NC(C)=O)(CNCCNC1)CNCCNC2. The van der Waals surface area contributed by atoms with Gasteiger partial charge in [-0.1, -0.05) is 12.8 Å². The number of nitrogens with one attached hydrogen (secondary N) is 9. The summed E-state index contributed by atoms with van der Waals surface area (Å²) in [7, 11) is 0. The second-order valence-electron chi connectivity index (χ2n) is 10.1. The van der Waals surface area contributed by atoms with Crippen molar-refractivity contribution in [1.29, 1.82) is 0 Å². The third-order valence-electron chi connectivity index (χ3n) is 6.57. The molecule has 9 N–H and O–H groups in total. The third-order valence-corrected chi connectivity index (χ3v) is 6.82. The highest BCUT2D eigenvalue weighted by molar-refractivity contribution is 7.80. The summed E-state index contributed by atoms with van der Waals surface area (Å²) >= 11 is 5.70. The first-order valence-corrected chi connectivity index (χ1v) is 13.9. The number of carbonyl (C=O) groups excluding carboxylic acids is 1. The van der Waals surface area contributed by atoms with Crippen LogP contribution in [-0.2, 0) is 4.79 Å². The van der Waals surface area contributed by atoms with E-state index < -0.39 is 0 Å². The minimum atomic E-state index is -0.384. The van der Waals surface area contributed by atoms with Gasteiger partial charge in [-0.25, -0.2) is 0 Å². The topological polar surface area (TPSA) is 125 Å². The molecule has 206 valence electrons.